The molecule has 1 saturated carbocycles. The first-order valence-corrected chi connectivity index (χ1v) is 6.22. The Morgan fingerprint density at radius 1 is 1.16 bits per heavy atom. The molecule has 0 aromatic heterocycles. The highest BCUT2D eigenvalue weighted by atomic mass is 19.4. The number of guanidine groups is 1. The van der Waals surface area contributed by atoms with Gasteiger partial charge in [-0.3, -0.25) is 4.99 Å². The van der Waals surface area contributed by atoms with E-state index in [2.05, 4.69) is 4.99 Å². The lowest BCUT2D eigenvalue weighted by Gasteiger charge is -2.26. The molecule has 0 amide bonds. The minimum atomic E-state index is -4.29. The lowest BCUT2D eigenvalue weighted by molar-refractivity contribution is -0.137. The monoisotopic (exact) mass is 269 g/mol. The van der Waals surface area contributed by atoms with Gasteiger partial charge in [-0.1, -0.05) is 12.1 Å². The van der Waals surface area contributed by atoms with E-state index < -0.39 is 11.7 Å². The molecule has 1 atom stereocenters. The maximum atomic E-state index is 12.5. The second-order valence-corrected chi connectivity index (χ2v) is 4.97. The van der Waals surface area contributed by atoms with Gasteiger partial charge in [-0.2, -0.15) is 13.2 Å². The topological polar surface area (TPSA) is 41.6 Å². The Labute approximate surface area is 108 Å². The molecule has 1 aliphatic heterocycles. The highest BCUT2D eigenvalue weighted by Gasteiger charge is 2.39. The van der Waals surface area contributed by atoms with Crippen molar-refractivity contribution in [2.24, 2.45) is 10.7 Å². The van der Waals surface area contributed by atoms with E-state index in [0.717, 1.165) is 30.5 Å². The Morgan fingerprint density at radius 2 is 1.79 bits per heavy atom. The van der Waals surface area contributed by atoms with Crippen molar-refractivity contribution in [1.29, 1.82) is 0 Å². The number of nitrogens with two attached hydrogens (primary N) is 1. The first kappa shape index (κ1) is 12.3. The highest BCUT2D eigenvalue weighted by molar-refractivity contribution is 5.81. The molecule has 19 heavy (non-hydrogen) atoms. The molecule has 1 aromatic carbocycles. The fourth-order valence-electron chi connectivity index (χ4n) is 2.46. The van der Waals surface area contributed by atoms with Gasteiger partial charge >= 0.3 is 6.18 Å². The molecule has 2 N–H and O–H groups in total. The number of alkyl halides is 3. The molecule has 6 heteroatoms. The second-order valence-electron chi connectivity index (χ2n) is 4.97. The molecule has 0 spiro atoms. The van der Waals surface area contributed by atoms with Crippen molar-refractivity contribution in [3.05, 3.63) is 35.4 Å². The molecule has 3 rings (SSSR count). The van der Waals surface area contributed by atoms with Crippen molar-refractivity contribution in [2.75, 3.05) is 6.54 Å². The molecule has 102 valence electrons. The third kappa shape index (κ3) is 2.27. The number of benzene rings is 1. The van der Waals surface area contributed by atoms with Crippen LogP contribution in [-0.4, -0.2) is 23.4 Å². The Balaban J connectivity index is 1.83. The lowest BCUT2D eigenvalue weighted by atomic mass is 10.0. The van der Waals surface area contributed by atoms with Crippen LogP contribution in [0, 0.1) is 0 Å². The third-order valence-corrected chi connectivity index (χ3v) is 3.59. The molecule has 0 radical (unpaired) electrons. The molecule has 1 heterocycles. The van der Waals surface area contributed by atoms with E-state index in [1.54, 1.807) is 0 Å². The molecule has 2 aliphatic rings. The first-order chi connectivity index (χ1) is 8.97. The summed E-state index contributed by atoms with van der Waals surface area (Å²) in [5, 5.41) is 0. The molecule has 3 nitrogen and oxygen atoms in total. The fraction of sp³-hybridized carbons (Fsp3) is 0.462. The maximum absolute atomic E-state index is 12.5. The Morgan fingerprint density at radius 3 is 2.32 bits per heavy atom. The van der Waals surface area contributed by atoms with Crippen molar-refractivity contribution in [3.63, 3.8) is 0 Å². The van der Waals surface area contributed by atoms with Gasteiger partial charge in [0.15, 0.2) is 5.96 Å². The van der Waals surface area contributed by atoms with Gasteiger partial charge in [0.2, 0.25) is 0 Å². The number of rotatable bonds is 2. The second kappa shape index (κ2) is 4.15. The molecule has 1 aliphatic carbocycles. The summed E-state index contributed by atoms with van der Waals surface area (Å²) in [6, 6.07) is 5.67. The SMILES string of the molecule is NC1=NCC(c2ccc(C(F)(F)F)cc2)N1C1CC1. The molecule has 0 bridgehead atoms. The van der Waals surface area contributed by atoms with E-state index in [1.807, 2.05) is 4.90 Å². The zero-order chi connectivity index (χ0) is 13.6. The van der Waals surface area contributed by atoms with Crippen LogP contribution in [-0.2, 0) is 6.18 Å². The summed E-state index contributed by atoms with van der Waals surface area (Å²) >= 11 is 0. The summed E-state index contributed by atoms with van der Waals surface area (Å²) in [5.74, 6) is 0.507. The summed E-state index contributed by atoms with van der Waals surface area (Å²) in [6.45, 7) is 0.522. The fourth-order valence-corrected chi connectivity index (χ4v) is 2.46. The summed E-state index contributed by atoms with van der Waals surface area (Å²) in [4.78, 5) is 6.24. The zero-order valence-electron chi connectivity index (χ0n) is 10.2. The van der Waals surface area contributed by atoms with E-state index in [4.69, 9.17) is 5.73 Å². The zero-order valence-corrected chi connectivity index (χ0v) is 10.2. The number of nitrogens with zero attached hydrogens (tertiary/aromatic N) is 2. The third-order valence-electron chi connectivity index (χ3n) is 3.59. The minimum Gasteiger partial charge on any atom is -0.370 e. The Hall–Kier alpha value is -1.72. The Bertz CT molecular complexity index is 503. The van der Waals surface area contributed by atoms with Crippen LogP contribution in [0.4, 0.5) is 13.2 Å². The van der Waals surface area contributed by atoms with Crippen molar-refractivity contribution in [1.82, 2.24) is 4.90 Å². The van der Waals surface area contributed by atoms with E-state index >= 15 is 0 Å². The predicted molar refractivity (Wildman–Crippen MR) is 65.5 cm³/mol. The van der Waals surface area contributed by atoms with Crippen LogP contribution in [0.1, 0.15) is 30.0 Å². The van der Waals surface area contributed by atoms with Gasteiger partial charge in [-0.05, 0) is 30.5 Å². The van der Waals surface area contributed by atoms with E-state index in [9.17, 15) is 13.2 Å². The number of aliphatic imine (C=N–C) groups is 1. The van der Waals surface area contributed by atoms with Crippen LogP contribution in [0.2, 0.25) is 0 Å². The maximum Gasteiger partial charge on any atom is 0.416 e. The van der Waals surface area contributed by atoms with Crippen LogP contribution in [0.15, 0.2) is 29.3 Å². The van der Waals surface area contributed by atoms with E-state index in [1.165, 1.54) is 12.1 Å². The highest BCUT2D eigenvalue weighted by Crippen LogP contribution is 2.38. The van der Waals surface area contributed by atoms with Crippen LogP contribution < -0.4 is 5.73 Å². The molecule has 1 unspecified atom stereocenters. The standard InChI is InChI=1S/C13H14F3N3/c14-13(15,16)9-3-1-8(2-4-9)11-7-18-12(17)19(11)10-5-6-10/h1-4,10-11H,5-7H2,(H2,17,18). The number of hydrogen-bond acceptors (Lipinski definition) is 3. The van der Waals surface area contributed by atoms with Gasteiger partial charge in [0.1, 0.15) is 0 Å². The van der Waals surface area contributed by atoms with Gasteiger partial charge in [-0.15, -0.1) is 0 Å². The smallest absolute Gasteiger partial charge is 0.370 e. The normalized spacial score (nSPS) is 23.6. The lowest BCUT2D eigenvalue weighted by Crippen LogP contribution is -2.37. The van der Waals surface area contributed by atoms with Gasteiger partial charge in [0.25, 0.3) is 0 Å². The van der Waals surface area contributed by atoms with E-state index in [0.29, 0.717) is 18.5 Å². The summed E-state index contributed by atoms with van der Waals surface area (Å²) in [6.07, 6.45) is -2.14. The molecule has 1 fully saturated rings. The predicted octanol–water partition coefficient (Wildman–Crippen LogP) is 2.54. The molecular formula is C13H14F3N3. The van der Waals surface area contributed by atoms with Crippen LogP contribution in [0.5, 0.6) is 0 Å². The van der Waals surface area contributed by atoms with Crippen LogP contribution in [0.25, 0.3) is 0 Å². The average Bonchev–Trinajstić information content (AvgIpc) is 3.12. The van der Waals surface area contributed by atoms with Crippen molar-refractivity contribution in [3.8, 4) is 0 Å². The van der Waals surface area contributed by atoms with E-state index in [-0.39, 0.29) is 6.04 Å². The largest absolute Gasteiger partial charge is 0.416 e. The van der Waals surface area contributed by atoms with Crippen molar-refractivity contribution in [2.45, 2.75) is 31.1 Å². The van der Waals surface area contributed by atoms with Crippen molar-refractivity contribution < 1.29 is 13.2 Å². The van der Waals surface area contributed by atoms with Gasteiger partial charge in [-0.25, -0.2) is 0 Å². The number of halogens is 3. The number of hydrogen-bond donors (Lipinski definition) is 1. The molecular weight excluding hydrogens is 255 g/mol. The molecule has 0 saturated heterocycles. The van der Waals surface area contributed by atoms with Crippen LogP contribution >= 0.6 is 0 Å². The van der Waals surface area contributed by atoms with Crippen molar-refractivity contribution >= 4 is 5.96 Å². The van der Waals surface area contributed by atoms with Gasteiger partial charge in [0, 0.05) is 6.04 Å². The van der Waals surface area contributed by atoms with Crippen LogP contribution in [0.3, 0.4) is 0 Å². The van der Waals surface area contributed by atoms with Gasteiger partial charge < -0.3 is 10.6 Å². The van der Waals surface area contributed by atoms with Gasteiger partial charge in [0.05, 0.1) is 18.2 Å². The minimum absolute atomic E-state index is 0.0187. The summed E-state index contributed by atoms with van der Waals surface area (Å²) in [7, 11) is 0. The average molecular weight is 269 g/mol. The quantitative estimate of drug-likeness (QED) is 0.896. The summed E-state index contributed by atoms with van der Waals surface area (Å²) < 4.78 is 37.6. The first-order valence-electron chi connectivity index (χ1n) is 6.22. The summed E-state index contributed by atoms with van der Waals surface area (Å²) in [5.41, 5.74) is 6.06. The Kier molecular flexibility index (Phi) is 2.69. The molecule has 1 aromatic rings.